The van der Waals surface area contributed by atoms with Crippen molar-refractivity contribution in [2.45, 2.75) is 26.9 Å². The molecule has 0 saturated carbocycles. The first-order valence-corrected chi connectivity index (χ1v) is 9.32. The van der Waals surface area contributed by atoms with Crippen LogP contribution in [0, 0.1) is 5.82 Å². The van der Waals surface area contributed by atoms with E-state index < -0.39 is 23.6 Å². The van der Waals surface area contributed by atoms with Crippen molar-refractivity contribution in [2.24, 2.45) is 0 Å². The monoisotopic (exact) mass is 405 g/mol. The number of anilines is 2. The number of rotatable bonds is 7. The Morgan fingerprint density at radius 3 is 2.68 bits per heavy atom. The topological polar surface area (TPSA) is 88.6 Å². The Morgan fingerprint density at radius 1 is 1.32 bits per heavy atom. The van der Waals surface area contributed by atoms with Crippen LogP contribution in [0.15, 0.2) is 35.7 Å². The molecule has 0 aliphatic carbocycles. The van der Waals surface area contributed by atoms with Crippen molar-refractivity contribution in [1.82, 2.24) is 10.3 Å². The Balaban J connectivity index is 2.05. The molecule has 9 heteroatoms. The van der Waals surface area contributed by atoms with Crippen molar-refractivity contribution in [1.29, 1.82) is 0 Å². The third-order valence-corrected chi connectivity index (χ3v) is 4.13. The van der Waals surface area contributed by atoms with E-state index in [2.05, 4.69) is 10.3 Å². The molecular weight excluding hydrogens is 385 g/mol. The largest absolute Gasteiger partial charge is 0.462 e. The summed E-state index contributed by atoms with van der Waals surface area (Å²) >= 11 is 1.14. The van der Waals surface area contributed by atoms with Gasteiger partial charge < -0.3 is 10.1 Å². The van der Waals surface area contributed by atoms with Crippen LogP contribution in [0.1, 0.15) is 26.5 Å². The first kappa shape index (κ1) is 21.2. The lowest BCUT2D eigenvalue weighted by molar-refractivity contribution is -0.147. The van der Waals surface area contributed by atoms with E-state index in [0.717, 1.165) is 11.3 Å². The average molecular weight is 405 g/mol. The van der Waals surface area contributed by atoms with Gasteiger partial charge in [0.15, 0.2) is 5.13 Å². The third-order valence-electron chi connectivity index (χ3n) is 3.29. The van der Waals surface area contributed by atoms with E-state index in [4.69, 9.17) is 4.74 Å². The van der Waals surface area contributed by atoms with Crippen LogP contribution in [0.25, 0.3) is 6.08 Å². The van der Waals surface area contributed by atoms with E-state index in [1.807, 2.05) is 0 Å². The number of amides is 2. The Bertz CT molecular complexity index is 895. The number of benzene rings is 1. The number of hydrogen-bond donors (Lipinski definition) is 1. The van der Waals surface area contributed by atoms with E-state index in [1.54, 1.807) is 25.3 Å². The molecule has 0 fully saturated rings. The van der Waals surface area contributed by atoms with Gasteiger partial charge in [0.25, 0.3) is 0 Å². The zero-order chi connectivity index (χ0) is 20.7. The maximum absolute atomic E-state index is 14.1. The molecule has 0 aliphatic rings. The Labute approximate surface area is 165 Å². The van der Waals surface area contributed by atoms with Gasteiger partial charge in [0.05, 0.1) is 17.5 Å². The maximum Gasteiger partial charge on any atom is 0.325 e. The summed E-state index contributed by atoms with van der Waals surface area (Å²) < 4.78 is 19.0. The van der Waals surface area contributed by atoms with Crippen molar-refractivity contribution in [3.8, 4) is 0 Å². The van der Waals surface area contributed by atoms with Gasteiger partial charge in [0.1, 0.15) is 12.4 Å². The van der Waals surface area contributed by atoms with Crippen molar-refractivity contribution >= 4 is 46.0 Å². The quantitative estimate of drug-likeness (QED) is 0.565. The number of carbonyl (C=O) groups is 3. The highest BCUT2D eigenvalue weighted by Gasteiger charge is 2.20. The minimum Gasteiger partial charge on any atom is -0.462 e. The zero-order valence-electron chi connectivity index (χ0n) is 15.6. The van der Waals surface area contributed by atoms with Gasteiger partial charge in [0.2, 0.25) is 11.8 Å². The zero-order valence-corrected chi connectivity index (χ0v) is 16.5. The summed E-state index contributed by atoms with van der Waals surface area (Å²) in [5.74, 6) is -1.96. The molecule has 2 amide bonds. The van der Waals surface area contributed by atoms with Gasteiger partial charge in [-0.2, -0.15) is 0 Å². The van der Waals surface area contributed by atoms with Gasteiger partial charge in [-0.25, -0.2) is 9.37 Å². The molecule has 1 heterocycles. The molecule has 148 valence electrons. The van der Waals surface area contributed by atoms with Crippen molar-refractivity contribution < 1.29 is 23.5 Å². The first-order valence-electron chi connectivity index (χ1n) is 8.44. The van der Waals surface area contributed by atoms with Crippen LogP contribution < -0.4 is 10.2 Å². The summed E-state index contributed by atoms with van der Waals surface area (Å²) in [6.45, 7) is 4.50. The fourth-order valence-electron chi connectivity index (χ4n) is 2.18. The van der Waals surface area contributed by atoms with Crippen LogP contribution in [-0.4, -0.2) is 35.4 Å². The SMILES string of the molecule is CC(=O)N(c1nc(/C=C/C(=O)NCC(=O)OC(C)C)cs1)c1ccccc1F. The van der Waals surface area contributed by atoms with Crippen LogP contribution >= 0.6 is 11.3 Å². The van der Waals surface area contributed by atoms with Gasteiger partial charge in [0, 0.05) is 18.4 Å². The highest BCUT2D eigenvalue weighted by Crippen LogP contribution is 2.30. The molecular formula is C19H20FN3O4S. The van der Waals surface area contributed by atoms with Gasteiger partial charge >= 0.3 is 5.97 Å². The smallest absolute Gasteiger partial charge is 0.325 e. The fourth-order valence-corrected chi connectivity index (χ4v) is 3.03. The lowest BCUT2D eigenvalue weighted by Crippen LogP contribution is -2.30. The minimum atomic E-state index is -0.544. The molecule has 1 N–H and O–H groups in total. The summed E-state index contributed by atoms with van der Waals surface area (Å²) in [4.78, 5) is 40.6. The molecule has 0 bridgehead atoms. The molecule has 0 unspecified atom stereocenters. The van der Waals surface area contributed by atoms with Gasteiger partial charge in [-0.05, 0) is 32.1 Å². The molecule has 0 spiro atoms. The van der Waals surface area contributed by atoms with Crippen molar-refractivity contribution in [3.63, 3.8) is 0 Å². The number of hydrogen-bond acceptors (Lipinski definition) is 6. The van der Waals surface area contributed by atoms with Crippen molar-refractivity contribution in [2.75, 3.05) is 11.4 Å². The van der Waals surface area contributed by atoms with E-state index in [0.29, 0.717) is 5.69 Å². The highest BCUT2D eigenvalue weighted by atomic mass is 32.1. The molecule has 0 radical (unpaired) electrons. The molecule has 7 nitrogen and oxygen atoms in total. The average Bonchev–Trinajstić information content (AvgIpc) is 3.07. The number of nitrogens with one attached hydrogen (secondary N) is 1. The van der Waals surface area contributed by atoms with Gasteiger partial charge in [-0.1, -0.05) is 12.1 Å². The standard InChI is InChI=1S/C19H20FN3O4S/c1-12(2)27-18(26)10-21-17(25)9-8-14-11-28-19(22-14)23(13(3)24)16-7-5-4-6-15(16)20/h4-9,11-12H,10H2,1-3H3,(H,21,25)/b9-8+. The second-order valence-electron chi connectivity index (χ2n) is 5.95. The van der Waals surface area contributed by atoms with Gasteiger partial charge in [-0.15, -0.1) is 11.3 Å². The number of thiazole rings is 1. The summed E-state index contributed by atoms with van der Waals surface area (Å²) in [6, 6.07) is 5.89. The summed E-state index contributed by atoms with van der Waals surface area (Å²) in [6.07, 6.45) is 2.39. The summed E-state index contributed by atoms with van der Waals surface area (Å²) in [5, 5.41) is 4.30. The summed E-state index contributed by atoms with van der Waals surface area (Å²) in [7, 11) is 0. The Morgan fingerprint density at radius 2 is 2.04 bits per heavy atom. The van der Waals surface area contributed by atoms with Crippen LogP contribution in [0.2, 0.25) is 0 Å². The Kier molecular flexibility index (Phi) is 7.39. The number of aromatic nitrogens is 1. The first-order chi connectivity index (χ1) is 13.3. The predicted octanol–water partition coefficient (Wildman–Crippen LogP) is 3.05. The highest BCUT2D eigenvalue weighted by molar-refractivity contribution is 7.14. The number of para-hydroxylation sites is 1. The summed E-state index contributed by atoms with van der Waals surface area (Å²) in [5.41, 5.74) is 0.517. The normalized spacial score (nSPS) is 10.9. The molecule has 1 aromatic carbocycles. The van der Waals surface area contributed by atoms with Crippen LogP contribution in [0.3, 0.4) is 0 Å². The second kappa shape index (κ2) is 9.75. The maximum atomic E-state index is 14.1. The number of carbonyl (C=O) groups excluding carboxylic acids is 3. The van der Waals surface area contributed by atoms with E-state index in [9.17, 15) is 18.8 Å². The number of nitrogens with zero attached hydrogens (tertiary/aromatic N) is 2. The van der Waals surface area contributed by atoms with Crippen LogP contribution in [-0.2, 0) is 19.1 Å². The molecule has 2 aromatic rings. The van der Waals surface area contributed by atoms with Gasteiger partial charge in [-0.3, -0.25) is 19.3 Å². The molecule has 0 atom stereocenters. The number of ether oxygens (including phenoxy) is 1. The molecule has 0 saturated heterocycles. The van der Waals surface area contributed by atoms with Crippen LogP contribution in [0.5, 0.6) is 0 Å². The molecule has 1 aromatic heterocycles. The lowest BCUT2D eigenvalue weighted by atomic mass is 10.3. The molecule has 28 heavy (non-hydrogen) atoms. The van der Waals surface area contributed by atoms with E-state index in [1.165, 1.54) is 42.2 Å². The minimum absolute atomic E-state index is 0.0984. The van der Waals surface area contributed by atoms with E-state index in [-0.39, 0.29) is 23.5 Å². The molecule has 2 rings (SSSR count). The molecule has 0 aliphatic heterocycles. The number of esters is 1. The number of halogens is 1. The van der Waals surface area contributed by atoms with Crippen LogP contribution in [0.4, 0.5) is 15.2 Å². The predicted molar refractivity (Wildman–Crippen MR) is 105 cm³/mol. The lowest BCUT2D eigenvalue weighted by Gasteiger charge is -2.18. The van der Waals surface area contributed by atoms with E-state index >= 15 is 0 Å². The second-order valence-corrected chi connectivity index (χ2v) is 6.79. The van der Waals surface area contributed by atoms with Crippen molar-refractivity contribution in [3.05, 3.63) is 47.2 Å². The Hall–Kier alpha value is -3.07. The fraction of sp³-hybridized carbons (Fsp3) is 0.263. The third kappa shape index (κ3) is 5.98.